The van der Waals surface area contributed by atoms with Crippen LogP contribution in [0.4, 0.5) is 0 Å². The van der Waals surface area contributed by atoms with Gasteiger partial charge in [-0.1, -0.05) is 37.5 Å². The number of nitrogens with zero attached hydrogens (tertiary/aromatic N) is 1. The quantitative estimate of drug-likeness (QED) is 0.366. The highest BCUT2D eigenvalue weighted by atomic mass is 16.5. The number of aromatic nitrogens is 1. The van der Waals surface area contributed by atoms with Gasteiger partial charge in [-0.2, -0.15) is 0 Å². The molecule has 3 rings (SSSR count). The molecule has 3 N–H and O–H groups in total. The van der Waals surface area contributed by atoms with Crippen molar-refractivity contribution in [1.82, 2.24) is 15.4 Å². The van der Waals surface area contributed by atoms with Crippen LogP contribution in [0.1, 0.15) is 60.9 Å². The maximum Gasteiger partial charge on any atom is 0.253 e. The largest absolute Gasteiger partial charge is 0.352 e. The molecule has 0 radical (unpaired) electrons. The predicted molar refractivity (Wildman–Crippen MR) is 100 cm³/mol. The zero-order valence-electron chi connectivity index (χ0n) is 15.1. The normalized spacial score (nSPS) is 13.0. The lowest BCUT2D eigenvalue weighted by Crippen LogP contribution is -2.24. The number of rotatable bonds is 9. The third-order valence-corrected chi connectivity index (χ3v) is 5.06. The Hall–Kier alpha value is -2.34. The minimum atomic E-state index is -0.330. The van der Waals surface area contributed by atoms with Crippen LogP contribution in [-0.2, 0) is 17.8 Å². The molecule has 0 saturated carbocycles. The predicted octanol–water partition coefficient (Wildman–Crippen LogP) is 3.16. The Labute approximate surface area is 153 Å². The highest BCUT2D eigenvalue weighted by molar-refractivity contribution is 6.07. The van der Waals surface area contributed by atoms with E-state index in [1.807, 2.05) is 18.3 Å². The van der Waals surface area contributed by atoms with Crippen molar-refractivity contribution in [3.63, 3.8) is 0 Å². The molecule has 1 aromatic heterocycles. The van der Waals surface area contributed by atoms with Gasteiger partial charge < -0.3 is 9.88 Å². The van der Waals surface area contributed by atoms with Crippen LogP contribution in [0.5, 0.6) is 0 Å². The van der Waals surface area contributed by atoms with Crippen LogP contribution in [-0.4, -0.2) is 28.1 Å². The summed E-state index contributed by atoms with van der Waals surface area (Å²) in [6.07, 6.45) is 9.28. The molecule has 0 saturated heterocycles. The molecular formula is C20H27N3O3. The van der Waals surface area contributed by atoms with Crippen LogP contribution >= 0.6 is 0 Å². The maximum absolute atomic E-state index is 12.6. The third-order valence-electron chi connectivity index (χ3n) is 5.06. The van der Waals surface area contributed by atoms with Gasteiger partial charge in [-0.25, -0.2) is 5.48 Å². The second kappa shape index (κ2) is 8.85. The summed E-state index contributed by atoms with van der Waals surface area (Å²) in [4.78, 5) is 23.5. The first-order valence-corrected chi connectivity index (χ1v) is 9.52. The van der Waals surface area contributed by atoms with Crippen LogP contribution < -0.4 is 10.8 Å². The zero-order chi connectivity index (χ0) is 18.4. The standard InChI is InChI=1S/C20H27N3O3/c24-18(22-26)11-4-2-1-3-5-12-21-20(25)17-14-23-13-7-9-15-8-6-10-16(17)19(15)23/h6,8,10,14,26H,1-5,7,9,11-13H2,(H,21,25)(H,22,24). The van der Waals surface area contributed by atoms with Crippen molar-refractivity contribution in [3.8, 4) is 0 Å². The average Bonchev–Trinajstić information content (AvgIpc) is 3.04. The van der Waals surface area contributed by atoms with Gasteiger partial charge in [-0.3, -0.25) is 14.8 Å². The summed E-state index contributed by atoms with van der Waals surface area (Å²) in [5, 5.41) is 12.5. The number of hydroxylamine groups is 1. The second-order valence-electron chi connectivity index (χ2n) is 6.96. The number of para-hydroxylation sites is 1. The Balaban J connectivity index is 1.43. The van der Waals surface area contributed by atoms with Crippen molar-refractivity contribution in [2.45, 2.75) is 57.9 Å². The van der Waals surface area contributed by atoms with E-state index in [-0.39, 0.29) is 11.8 Å². The topological polar surface area (TPSA) is 83.4 Å². The fourth-order valence-corrected chi connectivity index (χ4v) is 3.73. The molecule has 0 atom stereocenters. The van der Waals surface area contributed by atoms with Crippen molar-refractivity contribution in [3.05, 3.63) is 35.5 Å². The molecule has 2 amide bonds. The second-order valence-corrected chi connectivity index (χ2v) is 6.96. The number of unbranched alkanes of at least 4 members (excludes halogenated alkanes) is 4. The van der Waals surface area contributed by atoms with Crippen molar-refractivity contribution < 1.29 is 14.8 Å². The van der Waals surface area contributed by atoms with E-state index >= 15 is 0 Å². The van der Waals surface area contributed by atoms with Crippen molar-refractivity contribution in [1.29, 1.82) is 0 Å². The number of hydrogen-bond donors (Lipinski definition) is 3. The molecule has 6 nitrogen and oxygen atoms in total. The Kier molecular flexibility index (Phi) is 6.28. The Morgan fingerprint density at radius 3 is 2.77 bits per heavy atom. The van der Waals surface area contributed by atoms with Gasteiger partial charge in [0.25, 0.3) is 5.91 Å². The summed E-state index contributed by atoms with van der Waals surface area (Å²) in [5.41, 5.74) is 4.97. The molecule has 0 fully saturated rings. The van der Waals surface area contributed by atoms with Gasteiger partial charge in [0, 0.05) is 31.1 Å². The molecular weight excluding hydrogens is 330 g/mol. The summed E-state index contributed by atoms with van der Waals surface area (Å²) in [7, 11) is 0. The van der Waals surface area contributed by atoms with Crippen LogP contribution in [0.25, 0.3) is 10.9 Å². The van der Waals surface area contributed by atoms with Crippen LogP contribution in [0.15, 0.2) is 24.4 Å². The first-order valence-electron chi connectivity index (χ1n) is 9.52. The van der Waals surface area contributed by atoms with E-state index in [0.29, 0.717) is 13.0 Å². The number of nitrogens with one attached hydrogen (secondary N) is 2. The number of benzene rings is 1. The van der Waals surface area contributed by atoms with Gasteiger partial charge >= 0.3 is 0 Å². The molecule has 0 unspecified atom stereocenters. The number of hydrogen-bond acceptors (Lipinski definition) is 3. The molecule has 26 heavy (non-hydrogen) atoms. The minimum Gasteiger partial charge on any atom is -0.352 e. The molecule has 2 aromatic rings. The van der Waals surface area contributed by atoms with Crippen LogP contribution in [0.3, 0.4) is 0 Å². The lowest BCUT2D eigenvalue weighted by Gasteiger charge is -2.14. The summed E-state index contributed by atoms with van der Waals surface area (Å²) >= 11 is 0. The molecule has 1 aliphatic heterocycles. The molecule has 0 aliphatic carbocycles. The minimum absolute atomic E-state index is 0.00687. The Morgan fingerprint density at radius 1 is 1.12 bits per heavy atom. The highest BCUT2D eigenvalue weighted by Gasteiger charge is 2.19. The Morgan fingerprint density at radius 2 is 1.92 bits per heavy atom. The van der Waals surface area contributed by atoms with Crippen LogP contribution in [0.2, 0.25) is 0 Å². The van der Waals surface area contributed by atoms with Gasteiger partial charge in [-0.15, -0.1) is 0 Å². The molecule has 6 heteroatoms. The van der Waals surface area contributed by atoms with E-state index in [1.54, 1.807) is 5.48 Å². The van der Waals surface area contributed by atoms with E-state index in [4.69, 9.17) is 5.21 Å². The van der Waals surface area contributed by atoms with Gasteiger partial charge in [0.1, 0.15) is 0 Å². The average molecular weight is 357 g/mol. The van der Waals surface area contributed by atoms with Gasteiger partial charge in [0.2, 0.25) is 5.91 Å². The smallest absolute Gasteiger partial charge is 0.253 e. The van der Waals surface area contributed by atoms with Gasteiger partial charge in [0.05, 0.1) is 11.1 Å². The lowest BCUT2D eigenvalue weighted by atomic mass is 10.0. The SMILES string of the molecule is O=C(CCCCCCCNC(=O)c1cn2c3c(cccc13)CCC2)NO. The highest BCUT2D eigenvalue weighted by Crippen LogP contribution is 2.29. The molecule has 2 heterocycles. The van der Waals surface area contributed by atoms with E-state index in [0.717, 1.165) is 62.4 Å². The molecule has 0 bridgehead atoms. The summed E-state index contributed by atoms with van der Waals surface area (Å²) in [6.45, 7) is 1.65. The van der Waals surface area contributed by atoms with E-state index in [1.165, 1.54) is 11.1 Å². The van der Waals surface area contributed by atoms with E-state index in [2.05, 4.69) is 16.0 Å². The molecule has 1 aromatic carbocycles. The lowest BCUT2D eigenvalue weighted by molar-refractivity contribution is -0.129. The number of carbonyl (C=O) groups is 2. The first-order chi connectivity index (χ1) is 12.7. The fourth-order valence-electron chi connectivity index (χ4n) is 3.73. The van der Waals surface area contributed by atoms with Gasteiger partial charge in [0.15, 0.2) is 0 Å². The van der Waals surface area contributed by atoms with E-state index < -0.39 is 0 Å². The van der Waals surface area contributed by atoms with Crippen molar-refractivity contribution >= 4 is 22.7 Å². The summed E-state index contributed by atoms with van der Waals surface area (Å²) in [6, 6.07) is 6.24. The molecule has 0 spiro atoms. The Bertz CT molecular complexity index is 782. The monoisotopic (exact) mass is 357 g/mol. The van der Waals surface area contributed by atoms with Crippen LogP contribution in [0, 0.1) is 0 Å². The number of aryl methyl sites for hydroxylation is 2. The maximum atomic E-state index is 12.6. The summed E-state index contributed by atoms with van der Waals surface area (Å²) in [5.74, 6) is -0.323. The third kappa shape index (κ3) is 4.25. The first kappa shape index (κ1) is 18.5. The van der Waals surface area contributed by atoms with Crippen molar-refractivity contribution in [2.75, 3.05) is 6.54 Å². The number of carbonyl (C=O) groups excluding carboxylic acids is 2. The fraction of sp³-hybridized carbons (Fsp3) is 0.500. The van der Waals surface area contributed by atoms with E-state index in [9.17, 15) is 9.59 Å². The number of amides is 2. The van der Waals surface area contributed by atoms with Crippen molar-refractivity contribution in [2.24, 2.45) is 0 Å². The summed E-state index contributed by atoms with van der Waals surface area (Å²) < 4.78 is 2.21. The zero-order valence-corrected chi connectivity index (χ0v) is 15.1. The molecule has 1 aliphatic rings. The molecule has 140 valence electrons. The van der Waals surface area contributed by atoms with Gasteiger partial charge in [-0.05, 0) is 31.2 Å².